The predicted octanol–water partition coefficient (Wildman–Crippen LogP) is 0.599. The van der Waals surface area contributed by atoms with Gasteiger partial charge in [0.05, 0.1) is 13.2 Å². The van der Waals surface area contributed by atoms with Crippen molar-refractivity contribution in [2.45, 2.75) is 13.5 Å². The predicted molar refractivity (Wildman–Crippen MR) is 79.2 cm³/mol. The van der Waals surface area contributed by atoms with Crippen LogP contribution >= 0.6 is 0 Å². The minimum absolute atomic E-state index is 0.0979. The van der Waals surface area contributed by atoms with E-state index in [0.717, 1.165) is 0 Å². The van der Waals surface area contributed by atoms with Crippen molar-refractivity contribution in [2.24, 2.45) is 0 Å². The number of anilines is 1. The first-order valence-corrected chi connectivity index (χ1v) is 6.71. The van der Waals surface area contributed by atoms with Gasteiger partial charge in [-0.2, -0.15) is 0 Å². The fourth-order valence-corrected chi connectivity index (χ4v) is 1.77. The van der Waals surface area contributed by atoms with Crippen molar-refractivity contribution in [1.29, 1.82) is 0 Å². The zero-order chi connectivity index (χ0) is 16.5. The second kappa shape index (κ2) is 8.96. The molecule has 1 aromatic heterocycles. The highest BCUT2D eigenvalue weighted by Gasteiger charge is 2.19. The molecule has 1 heterocycles. The van der Waals surface area contributed by atoms with Crippen LogP contribution in [0.4, 0.5) is 10.6 Å². The van der Waals surface area contributed by atoms with E-state index in [1.165, 1.54) is 23.8 Å². The lowest BCUT2D eigenvalue weighted by Crippen LogP contribution is -2.35. The number of carbonyl (C=O) groups excluding carboxylic acids is 2. The Kier molecular flexibility index (Phi) is 7.27. The van der Waals surface area contributed by atoms with Crippen LogP contribution in [-0.2, 0) is 20.8 Å². The summed E-state index contributed by atoms with van der Waals surface area (Å²) in [6.45, 7) is 1.30. The molecule has 0 spiro atoms. The number of nitrogens with zero attached hydrogens (tertiary/aromatic N) is 3. The molecular formula is C14H21N3O5. The molecule has 0 saturated heterocycles. The largest absolute Gasteiger partial charge is 0.422 e. The average molecular weight is 311 g/mol. The van der Waals surface area contributed by atoms with Crippen LogP contribution in [0.15, 0.2) is 18.3 Å². The maximum atomic E-state index is 11.9. The van der Waals surface area contributed by atoms with E-state index in [1.807, 2.05) is 0 Å². The molecule has 8 nitrogen and oxygen atoms in total. The Morgan fingerprint density at radius 3 is 2.73 bits per heavy atom. The van der Waals surface area contributed by atoms with Gasteiger partial charge in [0, 0.05) is 39.4 Å². The molecule has 1 rings (SSSR count). The van der Waals surface area contributed by atoms with Gasteiger partial charge in [-0.15, -0.1) is 0 Å². The van der Waals surface area contributed by atoms with Gasteiger partial charge in [0.1, 0.15) is 5.82 Å². The Morgan fingerprint density at radius 1 is 1.41 bits per heavy atom. The van der Waals surface area contributed by atoms with Crippen molar-refractivity contribution in [3.05, 3.63) is 23.9 Å². The number of hydrogen-bond donors (Lipinski definition) is 1. The highest BCUT2D eigenvalue weighted by Crippen LogP contribution is 2.18. The van der Waals surface area contributed by atoms with Crippen LogP contribution < -0.4 is 4.90 Å². The molecular weight excluding hydrogens is 290 g/mol. The Morgan fingerprint density at radius 2 is 2.14 bits per heavy atom. The molecule has 1 N–H and O–H groups in total. The Balaban J connectivity index is 2.93. The van der Waals surface area contributed by atoms with Crippen molar-refractivity contribution in [1.82, 2.24) is 9.88 Å². The molecule has 0 aliphatic carbocycles. The van der Waals surface area contributed by atoms with Crippen LogP contribution in [0.5, 0.6) is 0 Å². The van der Waals surface area contributed by atoms with Crippen molar-refractivity contribution < 1.29 is 24.2 Å². The molecule has 0 aromatic carbocycles. The zero-order valence-electron chi connectivity index (χ0n) is 13.0. The van der Waals surface area contributed by atoms with Crippen LogP contribution in [0.1, 0.15) is 12.5 Å². The summed E-state index contributed by atoms with van der Waals surface area (Å²) in [6.07, 6.45) is 0.953. The van der Waals surface area contributed by atoms with Crippen molar-refractivity contribution in [3.63, 3.8) is 0 Å². The molecule has 8 heteroatoms. The van der Waals surface area contributed by atoms with Gasteiger partial charge in [-0.05, 0) is 6.07 Å². The first-order valence-electron chi connectivity index (χ1n) is 6.71. The summed E-state index contributed by atoms with van der Waals surface area (Å²) in [7, 11) is 3.01. The van der Waals surface area contributed by atoms with E-state index in [-0.39, 0.29) is 32.4 Å². The highest BCUT2D eigenvalue weighted by molar-refractivity contribution is 5.90. The fourth-order valence-electron chi connectivity index (χ4n) is 1.77. The third kappa shape index (κ3) is 4.97. The van der Waals surface area contributed by atoms with E-state index in [0.29, 0.717) is 11.4 Å². The fraction of sp³-hybridized carbons (Fsp3) is 0.500. The Hall–Kier alpha value is -2.19. The molecule has 0 unspecified atom stereocenters. The van der Waals surface area contributed by atoms with Crippen molar-refractivity contribution in [2.75, 3.05) is 39.0 Å². The molecule has 122 valence electrons. The normalized spacial score (nSPS) is 10.2. The third-order valence-electron chi connectivity index (χ3n) is 2.95. The average Bonchev–Trinajstić information content (AvgIpc) is 2.51. The van der Waals surface area contributed by atoms with Gasteiger partial charge < -0.3 is 19.5 Å². The monoisotopic (exact) mass is 311 g/mol. The van der Waals surface area contributed by atoms with Crippen LogP contribution in [0.25, 0.3) is 0 Å². The topological polar surface area (TPSA) is 92.2 Å². The van der Waals surface area contributed by atoms with Crippen molar-refractivity contribution in [3.8, 4) is 0 Å². The molecule has 0 fully saturated rings. The number of amides is 2. The number of rotatable bonds is 7. The highest BCUT2D eigenvalue weighted by atomic mass is 16.7. The summed E-state index contributed by atoms with van der Waals surface area (Å²) in [5, 5.41) is 9.09. The van der Waals surface area contributed by atoms with Crippen LogP contribution in [0, 0.1) is 0 Å². The molecule has 0 saturated carbocycles. The van der Waals surface area contributed by atoms with E-state index in [1.54, 1.807) is 25.4 Å². The minimum atomic E-state index is -0.615. The van der Waals surface area contributed by atoms with Gasteiger partial charge in [-0.3, -0.25) is 9.69 Å². The maximum absolute atomic E-state index is 11.9. The first kappa shape index (κ1) is 17.9. The summed E-state index contributed by atoms with van der Waals surface area (Å²) < 4.78 is 9.57. The molecule has 0 radical (unpaired) electrons. The SMILES string of the molecule is COCOC(=O)N(CCO)Cc1cccnc1N(C)C(C)=O. The smallest absolute Gasteiger partial charge is 0.412 e. The second-order valence-electron chi connectivity index (χ2n) is 4.53. The molecule has 0 atom stereocenters. The van der Waals surface area contributed by atoms with Gasteiger partial charge in [-0.25, -0.2) is 9.78 Å². The molecule has 1 aromatic rings. The standard InChI is InChI=1S/C14H21N3O5/c1-11(19)16(2)13-12(5-4-6-15-13)9-17(7-8-18)14(20)22-10-21-3/h4-6,18H,7-10H2,1-3H3. The quantitative estimate of drug-likeness (QED) is 0.741. The summed E-state index contributed by atoms with van der Waals surface area (Å²) in [6, 6.07) is 3.47. The molecule has 22 heavy (non-hydrogen) atoms. The third-order valence-corrected chi connectivity index (χ3v) is 2.95. The van der Waals surface area contributed by atoms with Crippen molar-refractivity contribution >= 4 is 17.8 Å². The van der Waals surface area contributed by atoms with E-state index in [2.05, 4.69) is 9.72 Å². The van der Waals surface area contributed by atoms with Crippen LogP contribution in [-0.4, -0.2) is 61.1 Å². The zero-order valence-corrected chi connectivity index (χ0v) is 13.0. The number of ether oxygens (including phenoxy) is 2. The minimum Gasteiger partial charge on any atom is -0.422 e. The number of carbonyl (C=O) groups is 2. The van der Waals surface area contributed by atoms with E-state index >= 15 is 0 Å². The lowest BCUT2D eigenvalue weighted by molar-refractivity contribution is -0.116. The van der Waals surface area contributed by atoms with E-state index < -0.39 is 6.09 Å². The molecule has 0 bridgehead atoms. The summed E-state index contributed by atoms with van der Waals surface area (Å²) in [4.78, 5) is 30.3. The number of methoxy groups -OCH3 is 1. The summed E-state index contributed by atoms with van der Waals surface area (Å²) >= 11 is 0. The lowest BCUT2D eigenvalue weighted by atomic mass is 10.2. The Labute approximate surface area is 129 Å². The van der Waals surface area contributed by atoms with Gasteiger partial charge in [-0.1, -0.05) is 6.07 Å². The van der Waals surface area contributed by atoms with E-state index in [9.17, 15) is 9.59 Å². The van der Waals surface area contributed by atoms with Gasteiger partial charge in [0.2, 0.25) is 5.91 Å². The number of hydrogen-bond acceptors (Lipinski definition) is 6. The summed E-state index contributed by atoms with van der Waals surface area (Å²) in [5.74, 6) is 0.285. The van der Waals surface area contributed by atoms with Crippen LogP contribution in [0.3, 0.4) is 0 Å². The Bertz CT molecular complexity index is 509. The van der Waals surface area contributed by atoms with Gasteiger partial charge >= 0.3 is 6.09 Å². The number of aromatic nitrogens is 1. The summed E-state index contributed by atoms with van der Waals surface area (Å²) in [5.41, 5.74) is 0.669. The van der Waals surface area contributed by atoms with E-state index in [4.69, 9.17) is 9.84 Å². The second-order valence-corrected chi connectivity index (χ2v) is 4.53. The van der Waals surface area contributed by atoms with Crippen LogP contribution in [0.2, 0.25) is 0 Å². The maximum Gasteiger partial charge on any atom is 0.412 e. The van der Waals surface area contributed by atoms with Gasteiger partial charge in [0.25, 0.3) is 0 Å². The number of pyridine rings is 1. The number of aliphatic hydroxyl groups excluding tert-OH is 1. The molecule has 0 aliphatic rings. The first-order chi connectivity index (χ1) is 10.5. The van der Waals surface area contributed by atoms with Gasteiger partial charge in [0.15, 0.2) is 6.79 Å². The number of aliphatic hydroxyl groups is 1. The molecule has 0 aliphatic heterocycles. The molecule has 2 amide bonds. The lowest BCUT2D eigenvalue weighted by Gasteiger charge is -2.24.